The van der Waals surface area contributed by atoms with Gasteiger partial charge in [-0.3, -0.25) is 4.79 Å². The minimum Gasteiger partial charge on any atom is -0.493 e. The molecule has 0 fully saturated rings. The first-order valence-corrected chi connectivity index (χ1v) is 8.26. The Bertz CT molecular complexity index is 899. The predicted molar refractivity (Wildman–Crippen MR) is 98.4 cm³/mol. The highest BCUT2D eigenvalue weighted by atomic mass is 16.6. The summed E-state index contributed by atoms with van der Waals surface area (Å²) >= 11 is 0. The quantitative estimate of drug-likeness (QED) is 0.775. The molecule has 2 aromatic carbocycles. The molecule has 9 nitrogen and oxygen atoms in total. The summed E-state index contributed by atoms with van der Waals surface area (Å²) in [7, 11) is 4.32. The van der Waals surface area contributed by atoms with Crippen LogP contribution in [0.1, 0.15) is 20.7 Å². The Morgan fingerprint density at radius 3 is 2.00 bits per heavy atom. The maximum absolute atomic E-state index is 12.8. The Balaban J connectivity index is 1.98. The van der Waals surface area contributed by atoms with E-state index in [1.54, 1.807) is 0 Å². The van der Waals surface area contributed by atoms with Crippen molar-refractivity contribution in [3.63, 3.8) is 0 Å². The molecule has 9 heteroatoms. The fourth-order valence-electron chi connectivity index (χ4n) is 2.78. The molecule has 2 N–H and O–H groups in total. The first-order chi connectivity index (χ1) is 13.5. The van der Waals surface area contributed by atoms with Gasteiger partial charge in [-0.2, -0.15) is 0 Å². The second-order valence-electron chi connectivity index (χ2n) is 5.71. The molecular weight excluding hydrogens is 370 g/mol. The molecule has 0 saturated carbocycles. The van der Waals surface area contributed by atoms with Crippen LogP contribution in [0.2, 0.25) is 0 Å². The van der Waals surface area contributed by atoms with Crippen molar-refractivity contribution in [3.05, 3.63) is 35.4 Å². The van der Waals surface area contributed by atoms with Gasteiger partial charge in [0.25, 0.3) is 5.91 Å². The van der Waals surface area contributed by atoms with Crippen LogP contribution in [0.4, 0.5) is 5.69 Å². The van der Waals surface area contributed by atoms with Gasteiger partial charge < -0.3 is 34.1 Å². The largest absolute Gasteiger partial charge is 0.493 e. The van der Waals surface area contributed by atoms with E-state index in [0.29, 0.717) is 42.0 Å². The smallest absolute Gasteiger partial charge is 0.337 e. The van der Waals surface area contributed by atoms with Crippen molar-refractivity contribution in [2.24, 2.45) is 0 Å². The first-order valence-electron chi connectivity index (χ1n) is 8.26. The molecule has 0 saturated heterocycles. The number of carboxylic acids is 1. The van der Waals surface area contributed by atoms with Gasteiger partial charge in [-0.1, -0.05) is 0 Å². The minimum atomic E-state index is -1.21. The number of rotatable bonds is 6. The summed E-state index contributed by atoms with van der Waals surface area (Å²) in [6.45, 7) is 0.656. The summed E-state index contributed by atoms with van der Waals surface area (Å²) < 4.78 is 26.6. The van der Waals surface area contributed by atoms with E-state index in [-0.39, 0.29) is 16.8 Å². The number of ether oxygens (including phenoxy) is 5. The van der Waals surface area contributed by atoms with Crippen LogP contribution in [0.5, 0.6) is 28.7 Å². The lowest BCUT2D eigenvalue weighted by Crippen LogP contribution is -2.19. The van der Waals surface area contributed by atoms with Crippen LogP contribution in [-0.4, -0.2) is 51.5 Å². The van der Waals surface area contributed by atoms with Gasteiger partial charge in [0.05, 0.1) is 32.6 Å². The number of hydrogen-bond donors (Lipinski definition) is 2. The van der Waals surface area contributed by atoms with Crippen molar-refractivity contribution in [1.82, 2.24) is 0 Å². The van der Waals surface area contributed by atoms with Crippen LogP contribution in [0.15, 0.2) is 24.3 Å². The second-order valence-corrected chi connectivity index (χ2v) is 5.71. The number of aromatic carboxylic acids is 1. The highest BCUT2D eigenvalue weighted by Crippen LogP contribution is 2.39. The van der Waals surface area contributed by atoms with Crippen LogP contribution in [0.3, 0.4) is 0 Å². The lowest BCUT2D eigenvalue weighted by molar-refractivity contribution is 0.0697. The molecule has 0 unspecified atom stereocenters. The van der Waals surface area contributed by atoms with Gasteiger partial charge in [0.15, 0.2) is 23.0 Å². The molecule has 28 heavy (non-hydrogen) atoms. The van der Waals surface area contributed by atoms with E-state index in [1.165, 1.54) is 45.6 Å². The van der Waals surface area contributed by atoms with Crippen LogP contribution < -0.4 is 29.0 Å². The zero-order valence-electron chi connectivity index (χ0n) is 15.5. The van der Waals surface area contributed by atoms with E-state index in [9.17, 15) is 14.7 Å². The average Bonchev–Trinajstić information content (AvgIpc) is 2.71. The van der Waals surface area contributed by atoms with E-state index in [2.05, 4.69) is 5.32 Å². The molecule has 0 radical (unpaired) electrons. The van der Waals surface area contributed by atoms with E-state index >= 15 is 0 Å². The summed E-state index contributed by atoms with van der Waals surface area (Å²) in [6, 6.07) is 5.68. The van der Waals surface area contributed by atoms with Crippen molar-refractivity contribution in [2.45, 2.75) is 0 Å². The standard InChI is InChI=1S/C19H19NO8/c1-24-15-6-10(7-16(25-2)17(15)26-3)18(21)20-12-9-14-13(27-4-5-28-14)8-11(12)19(22)23/h6-9H,4-5H2,1-3H3,(H,20,21)(H,22,23). The molecule has 0 atom stereocenters. The van der Waals surface area contributed by atoms with Crippen LogP contribution in [0.25, 0.3) is 0 Å². The third kappa shape index (κ3) is 3.59. The molecule has 0 bridgehead atoms. The molecule has 2 aromatic rings. The summed E-state index contributed by atoms with van der Waals surface area (Å²) in [5.41, 5.74) is 0.154. The summed E-state index contributed by atoms with van der Waals surface area (Å²) in [4.78, 5) is 24.4. The Morgan fingerprint density at radius 1 is 0.929 bits per heavy atom. The number of fused-ring (bicyclic) bond motifs is 1. The van der Waals surface area contributed by atoms with Gasteiger partial charge >= 0.3 is 5.97 Å². The highest BCUT2D eigenvalue weighted by molar-refractivity contribution is 6.08. The topological polar surface area (TPSA) is 113 Å². The summed E-state index contributed by atoms with van der Waals surface area (Å²) in [5, 5.41) is 12.1. The molecule has 0 aliphatic carbocycles. The number of amides is 1. The third-order valence-corrected chi connectivity index (χ3v) is 4.09. The molecule has 1 amide bonds. The van der Waals surface area contributed by atoms with Gasteiger partial charge in [-0.15, -0.1) is 0 Å². The minimum absolute atomic E-state index is 0.0792. The van der Waals surface area contributed by atoms with Gasteiger partial charge in [0.1, 0.15) is 13.2 Å². The zero-order chi connectivity index (χ0) is 20.3. The van der Waals surface area contributed by atoms with Gasteiger partial charge in [-0.25, -0.2) is 4.79 Å². The number of hydrogen-bond acceptors (Lipinski definition) is 7. The Kier molecular flexibility index (Phi) is 5.44. The van der Waals surface area contributed by atoms with Crippen molar-refractivity contribution in [2.75, 3.05) is 39.9 Å². The summed E-state index contributed by atoms with van der Waals surface area (Å²) in [6.07, 6.45) is 0. The van der Waals surface area contributed by atoms with E-state index in [4.69, 9.17) is 23.7 Å². The summed E-state index contributed by atoms with van der Waals surface area (Å²) in [5.74, 6) is -0.158. The molecule has 1 aliphatic heterocycles. The van der Waals surface area contributed by atoms with Crippen LogP contribution >= 0.6 is 0 Å². The fraction of sp³-hybridized carbons (Fsp3) is 0.263. The number of anilines is 1. The molecule has 3 rings (SSSR count). The maximum Gasteiger partial charge on any atom is 0.337 e. The van der Waals surface area contributed by atoms with E-state index in [1.807, 2.05) is 0 Å². The molecule has 148 valence electrons. The molecule has 0 spiro atoms. The first kappa shape index (κ1) is 19.2. The number of benzene rings is 2. The SMILES string of the molecule is COc1cc(C(=O)Nc2cc3c(cc2C(=O)O)OCCO3)cc(OC)c1OC. The normalized spacial score (nSPS) is 12.1. The highest BCUT2D eigenvalue weighted by Gasteiger charge is 2.22. The van der Waals surface area contributed by atoms with Gasteiger partial charge in [0, 0.05) is 17.7 Å². The number of carbonyl (C=O) groups is 2. The predicted octanol–water partition coefficient (Wildman–Crippen LogP) is 2.43. The van der Waals surface area contributed by atoms with Gasteiger partial charge in [0.2, 0.25) is 5.75 Å². The number of nitrogens with one attached hydrogen (secondary N) is 1. The van der Waals surface area contributed by atoms with Crippen LogP contribution in [-0.2, 0) is 0 Å². The molecule has 1 aliphatic rings. The third-order valence-electron chi connectivity index (χ3n) is 4.09. The lowest BCUT2D eigenvalue weighted by Gasteiger charge is -2.20. The zero-order valence-corrected chi connectivity index (χ0v) is 15.5. The maximum atomic E-state index is 12.8. The Hall–Kier alpha value is -3.62. The second kappa shape index (κ2) is 7.95. The van der Waals surface area contributed by atoms with Crippen molar-refractivity contribution in [3.8, 4) is 28.7 Å². The average molecular weight is 389 g/mol. The van der Waals surface area contributed by atoms with E-state index < -0.39 is 11.9 Å². The van der Waals surface area contributed by atoms with Crippen molar-refractivity contribution in [1.29, 1.82) is 0 Å². The molecule has 0 aromatic heterocycles. The Morgan fingerprint density at radius 2 is 1.50 bits per heavy atom. The van der Waals surface area contributed by atoms with Gasteiger partial charge in [-0.05, 0) is 12.1 Å². The molecule has 1 heterocycles. The molecular formula is C19H19NO8. The van der Waals surface area contributed by atoms with E-state index in [0.717, 1.165) is 0 Å². The van der Waals surface area contributed by atoms with Crippen molar-refractivity contribution < 1.29 is 38.4 Å². The fourth-order valence-corrected chi connectivity index (χ4v) is 2.78. The number of methoxy groups -OCH3 is 3. The lowest BCUT2D eigenvalue weighted by atomic mass is 10.1. The number of carboxylic acid groups (broad SMARTS) is 1. The monoisotopic (exact) mass is 389 g/mol. The van der Waals surface area contributed by atoms with Crippen LogP contribution in [0, 0.1) is 0 Å². The van der Waals surface area contributed by atoms with Crippen molar-refractivity contribution >= 4 is 17.6 Å². The number of carbonyl (C=O) groups excluding carboxylic acids is 1. The Labute approximate surface area is 160 Å².